The monoisotopic (exact) mass is 610 g/mol. The van der Waals surface area contributed by atoms with Crippen LogP contribution in [0.1, 0.15) is 12.5 Å². The second kappa shape index (κ2) is 12.9. The van der Waals surface area contributed by atoms with Crippen molar-refractivity contribution in [1.82, 2.24) is 10.2 Å². The zero-order chi connectivity index (χ0) is 28.6. The number of halogens is 2. The van der Waals surface area contributed by atoms with Gasteiger partial charge in [0.25, 0.3) is 11.8 Å². The normalized spacial score (nSPS) is 13.7. The van der Waals surface area contributed by atoms with Gasteiger partial charge in [-0.25, -0.2) is 14.1 Å². The van der Waals surface area contributed by atoms with E-state index in [4.69, 9.17) is 9.47 Å². The lowest BCUT2D eigenvalue weighted by Crippen LogP contribution is -2.38. The van der Waals surface area contributed by atoms with Crippen LogP contribution in [0.4, 0.5) is 20.6 Å². The highest BCUT2D eigenvalue weighted by atomic mass is 79.9. The van der Waals surface area contributed by atoms with Crippen LogP contribution in [0.25, 0.3) is 6.08 Å². The van der Waals surface area contributed by atoms with E-state index >= 15 is 0 Å². The third-order valence-electron chi connectivity index (χ3n) is 5.49. The van der Waals surface area contributed by atoms with E-state index in [-0.39, 0.29) is 29.6 Å². The van der Waals surface area contributed by atoms with Gasteiger partial charge in [-0.1, -0.05) is 46.3 Å². The Labute approximate surface area is 237 Å². The van der Waals surface area contributed by atoms with Gasteiger partial charge in [-0.3, -0.25) is 14.4 Å². The van der Waals surface area contributed by atoms with Crippen molar-refractivity contribution in [3.05, 3.63) is 88.3 Å². The Morgan fingerprint density at radius 3 is 2.40 bits per heavy atom. The fraction of sp³-hybridized carbons (Fsp3) is 0.143. The zero-order valence-corrected chi connectivity index (χ0v) is 22.8. The third kappa shape index (κ3) is 7.03. The number of para-hydroxylation sites is 2. The highest BCUT2D eigenvalue weighted by Crippen LogP contribution is 2.35. The predicted octanol–water partition coefficient (Wildman–Crippen LogP) is 4.54. The SMILES string of the molecule is CCOc1cc(/C=C2/NC(=O)N(CC(=O)Nc3ccccc3F)C2=O)c(Br)cc1OCC(=O)Nc1ccccc1. The second-order valence-corrected chi connectivity index (χ2v) is 9.22. The first kappa shape index (κ1) is 28.3. The van der Waals surface area contributed by atoms with Gasteiger partial charge in [0, 0.05) is 10.2 Å². The first-order valence-corrected chi connectivity index (χ1v) is 12.9. The quantitative estimate of drug-likeness (QED) is 0.229. The molecule has 1 fully saturated rings. The average molecular weight is 611 g/mol. The van der Waals surface area contributed by atoms with Crippen LogP contribution in [-0.4, -0.2) is 48.4 Å². The Morgan fingerprint density at radius 1 is 0.975 bits per heavy atom. The molecule has 1 saturated heterocycles. The number of imide groups is 1. The molecule has 0 unspecified atom stereocenters. The van der Waals surface area contributed by atoms with Crippen LogP contribution < -0.4 is 25.4 Å². The van der Waals surface area contributed by atoms with Gasteiger partial charge in [-0.05, 0) is 55.0 Å². The summed E-state index contributed by atoms with van der Waals surface area (Å²) in [6.07, 6.45) is 1.41. The highest BCUT2D eigenvalue weighted by molar-refractivity contribution is 9.10. The van der Waals surface area contributed by atoms with E-state index < -0.39 is 30.2 Å². The largest absolute Gasteiger partial charge is 0.490 e. The van der Waals surface area contributed by atoms with E-state index in [2.05, 4.69) is 31.9 Å². The maximum absolute atomic E-state index is 13.8. The minimum absolute atomic E-state index is 0.0671. The molecule has 5 amide bonds. The number of urea groups is 1. The Morgan fingerprint density at radius 2 is 1.68 bits per heavy atom. The minimum atomic E-state index is -0.800. The summed E-state index contributed by atoms with van der Waals surface area (Å²) in [5.74, 6) is -1.90. The van der Waals surface area contributed by atoms with Gasteiger partial charge in [-0.15, -0.1) is 0 Å². The lowest BCUT2D eigenvalue weighted by molar-refractivity contribution is -0.127. The molecular weight excluding hydrogens is 587 g/mol. The predicted molar refractivity (Wildman–Crippen MR) is 149 cm³/mol. The first-order valence-electron chi connectivity index (χ1n) is 12.1. The number of nitrogens with one attached hydrogen (secondary N) is 3. The number of hydrogen-bond donors (Lipinski definition) is 3. The Kier molecular flexibility index (Phi) is 9.12. The standard InChI is InChI=1S/C28H24BrFN4O6/c1-2-39-23-13-17(19(29)14-24(23)40-16-26(36)31-18-8-4-3-5-9-18)12-22-27(37)34(28(38)33-22)15-25(35)32-21-11-7-6-10-20(21)30/h3-14H,2,15-16H2,1H3,(H,31,36)(H,32,35)(H,33,38)/b22-12+. The number of carbonyl (C=O) groups excluding carboxylic acids is 4. The third-order valence-corrected chi connectivity index (χ3v) is 6.18. The van der Waals surface area contributed by atoms with E-state index in [1.54, 1.807) is 43.3 Å². The summed E-state index contributed by atoms with van der Waals surface area (Å²) in [5.41, 5.74) is 0.947. The molecule has 4 rings (SSSR count). The fourth-order valence-electron chi connectivity index (χ4n) is 3.67. The van der Waals surface area contributed by atoms with E-state index in [1.165, 1.54) is 30.3 Å². The fourth-order valence-corrected chi connectivity index (χ4v) is 4.11. The molecule has 0 atom stereocenters. The molecule has 0 saturated carbocycles. The average Bonchev–Trinajstić information content (AvgIpc) is 3.18. The van der Waals surface area contributed by atoms with Crippen molar-refractivity contribution >= 4 is 57.1 Å². The number of ether oxygens (including phenoxy) is 2. The van der Waals surface area contributed by atoms with Gasteiger partial charge in [0.15, 0.2) is 18.1 Å². The summed E-state index contributed by atoms with van der Waals surface area (Å²) in [7, 11) is 0. The molecule has 0 aliphatic carbocycles. The van der Waals surface area contributed by atoms with E-state index in [1.807, 2.05) is 6.07 Å². The molecule has 10 nitrogen and oxygen atoms in total. The molecule has 1 heterocycles. The van der Waals surface area contributed by atoms with E-state index in [0.717, 1.165) is 0 Å². The number of hydrogen-bond acceptors (Lipinski definition) is 6. The van der Waals surface area contributed by atoms with E-state index in [0.29, 0.717) is 33.0 Å². The van der Waals surface area contributed by atoms with Crippen molar-refractivity contribution < 1.29 is 33.0 Å². The summed E-state index contributed by atoms with van der Waals surface area (Å²) in [6.45, 7) is 1.18. The van der Waals surface area contributed by atoms with Gasteiger partial charge >= 0.3 is 6.03 Å². The Bertz CT molecular complexity index is 1480. The summed E-state index contributed by atoms with van der Waals surface area (Å²) in [6, 6.07) is 16.8. The molecule has 0 bridgehead atoms. The van der Waals surface area contributed by atoms with Crippen molar-refractivity contribution in [3.63, 3.8) is 0 Å². The van der Waals surface area contributed by atoms with Crippen molar-refractivity contribution in [2.45, 2.75) is 6.92 Å². The van der Waals surface area contributed by atoms with Gasteiger partial charge in [-0.2, -0.15) is 0 Å². The van der Waals surface area contributed by atoms with Gasteiger partial charge in [0.05, 0.1) is 12.3 Å². The second-order valence-electron chi connectivity index (χ2n) is 8.36. The molecule has 0 aromatic heterocycles. The molecule has 40 heavy (non-hydrogen) atoms. The lowest BCUT2D eigenvalue weighted by Gasteiger charge is -2.14. The molecule has 1 aliphatic rings. The van der Waals surface area contributed by atoms with Crippen LogP contribution in [0.2, 0.25) is 0 Å². The number of rotatable bonds is 10. The van der Waals surface area contributed by atoms with Crippen LogP contribution >= 0.6 is 15.9 Å². The van der Waals surface area contributed by atoms with Crippen molar-refractivity contribution in [2.24, 2.45) is 0 Å². The van der Waals surface area contributed by atoms with E-state index in [9.17, 15) is 23.6 Å². The van der Waals surface area contributed by atoms with Crippen LogP contribution in [-0.2, 0) is 14.4 Å². The van der Waals surface area contributed by atoms with Gasteiger partial charge in [0.1, 0.15) is 18.1 Å². The lowest BCUT2D eigenvalue weighted by atomic mass is 10.1. The zero-order valence-electron chi connectivity index (χ0n) is 21.2. The molecule has 1 aliphatic heterocycles. The molecule has 12 heteroatoms. The van der Waals surface area contributed by atoms with Crippen molar-refractivity contribution in [1.29, 1.82) is 0 Å². The molecule has 3 aromatic carbocycles. The summed E-state index contributed by atoms with van der Waals surface area (Å²) < 4.78 is 25.7. The number of carbonyl (C=O) groups is 4. The van der Waals surface area contributed by atoms with Crippen molar-refractivity contribution in [2.75, 3.05) is 30.4 Å². The molecule has 0 radical (unpaired) electrons. The summed E-state index contributed by atoms with van der Waals surface area (Å²) in [5, 5.41) is 7.50. The van der Waals surface area contributed by atoms with Crippen LogP contribution in [0.15, 0.2) is 76.9 Å². The maximum atomic E-state index is 13.8. The van der Waals surface area contributed by atoms with Crippen LogP contribution in [0.3, 0.4) is 0 Å². The topological polar surface area (TPSA) is 126 Å². The number of benzene rings is 3. The van der Waals surface area contributed by atoms with Gasteiger partial charge < -0.3 is 25.4 Å². The van der Waals surface area contributed by atoms with Crippen molar-refractivity contribution in [3.8, 4) is 11.5 Å². The summed E-state index contributed by atoms with van der Waals surface area (Å²) >= 11 is 3.42. The molecule has 0 spiro atoms. The maximum Gasteiger partial charge on any atom is 0.329 e. The molecule has 206 valence electrons. The number of nitrogens with zero attached hydrogens (tertiary/aromatic N) is 1. The molecule has 3 N–H and O–H groups in total. The van der Waals surface area contributed by atoms with Gasteiger partial charge in [0.2, 0.25) is 5.91 Å². The molecular formula is C28H24BrFN4O6. The smallest absolute Gasteiger partial charge is 0.329 e. The van der Waals surface area contributed by atoms with Crippen LogP contribution in [0.5, 0.6) is 11.5 Å². The number of anilines is 2. The first-order chi connectivity index (χ1) is 19.2. The Hall–Kier alpha value is -4.71. The highest BCUT2D eigenvalue weighted by Gasteiger charge is 2.35. The molecule has 3 aromatic rings. The summed E-state index contributed by atoms with van der Waals surface area (Å²) in [4.78, 5) is 50.7. The number of amides is 5. The minimum Gasteiger partial charge on any atom is -0.490 e. The Balaban J connectivity index is 1.45. The van der Waals surface area contributed by atoms with Crippen LogP contribution in [0, 0.1) is 5.82 Å².